The third-order valence-electron chi connectivity index (χ3n) is 4.31. The van der Waals surface area contributed by atoms with Gasteiger partial charge in [0.15, 0.2) is 0 Å². The normalized spacial score (nSPS) is 10.2. The van der Waals surface area contributed by atoms with Gasteiger partial charge in [-0.25, -0.2) is 4.79 Å². The van der Waals surface area contributed by atoms with Gasteiger partial charge in [0.05, 0.1) is 18.7 Å². The molecule has 1 N–H and O–H groups in total. The summed E-state index contributed by atoms with van der Waals surface area (Å²) in [7, 11) is 1.51. The molecule has 6 heteroatoms. The van der Waals surface area contributed by atoms with Crippen molar-refractivity contribution < 1.29 is 24.2 Å². The van der Waals surface area contributed by atoms with Gasteiger partial charge < -0.3 is 9.47 Å². The van der Waals surface area contributed by atoms with Gasteiger partial charge >= 0.3 is 5.97 Å². The number of hydrogen-bond donors (Lipinski definition) is 1. The number of methoxy groups -OCH3 is 1. The first-order valence-electron chi connectivity index (χ1n) is 8.58. The molecule has 0 aliphatic carbocycles. The molecular formula is C22H19N2O4+. The smallest absolute Gasteiger partial charge is 0.345 e. The zero-order valence-electron chi connectivity index (χ0n) is 15.5. The van der Waals surface area contributed by atoms with Crippen LogP contribution >= 0.6 is 0 Å². The summed E-state index contributed by atoms with van der Waals surface area (Å²) in [5.41, 5.74) is 3.03. The summed E-state index contributed by atoms with van der Waals surface area (Å²) in [4.78, 5) is 12.8. The Kier molecular flexibility index (Phi) is 5.56. The van der Waals surface area contributed by atoms with E-state index in [-0.39, 0.29) is 12.2 Å². The maximum atomic E-state index is 12.8. The molecule has 0 atom stereocenters. The van der Waals surface area contributed by atoms with Crippen LogP contribution in [-0.2, 0) is 11.3 Å². The van der Waals surface area contributed by atoms with Crippen LogP contribution in [0.1, 0.15) is 27.2 Å². The first-order chi connectivity index (χ1) is 13.5. The van der Waals surface area contributed by atoms with Gasteiger partial charge in [-0.2, -0.15) is 5.26 Å². The maximum Gasteiger partial charge on any atom is 0.345 e. The van der Waals surface area contributed by atoms with Crippen LogP contribution in [0.15, 0.2) is 60.8 Å². The summed E-state index contributed by atoms with van der Waals surface area (Å²) >= 11 is 0. The standard InChI is InChI=1S/C22H19N2O4/c1-15-10-18(19-11-17(12-23)8-9-21(19)27-2)20(13-24(15)26)22(25)28-14-16-6-4-3-5-7-16/h3-11,13,26H,14H2,1-2H3/q+1. The first-order valence-corrected chi connectivity index (χ1v) is 8.58. The Labute approximate surface area is 162 Å². The molecule has 140 valence electrons. The number of carbonyl (C=O) groups excluding carboxylic acids is 1. The Morgan fingerprint density at radius 1 is 1.14 bits per heavy atom. The van der Waals surface area contributed by atoms with Crippen molar-refractivity contribution in [3.63, 3.8) is 0 Å². The van der Waals surface area contributed by atoms with E-state index in [0.29, 0.717) is 28.1 Å². The number of pyridine rings is 1. The van der Waals surface area contributed by atoms with Crippen molar-refractivity contribution >= 4 is 5.97 Å². The lowest BCUT2D eigenvalue weighted by Crippen LogP contribution is -2.34. The fraction of sp³-hybridized carbons (Fsp3) is 0.136. The van der Waals surface area contributed by atoms with Crippen molar-refractivity contribution in [3.05, 3.63) is 83.2 Å². The van der Waals surface area contributed by atoms with Crippen LogP contribution in [0.3, 0.4) is 0 Å². The van der Waals surface area contributed by atoms with Gasteiger partial charge in [-0.15, -0.1) is 0 Å². The minimum Gasteiger partial charge on any atom is -0.496 e. The van der Waals surface area contributed by atoms with Crippen LogP contribution in [-0.4, -0.2) is 18.3 Å². The number of ether oxygens (including phenoxy) is 2. The first kappa shape index (κ1) is 18.9. The largest absolute Gasteiger partial charge is 0.496 e. The summed E-state index contributed by atoms with van der Waals surface area (Å²) in [6, 6.07) is 18.0. The van der Waals surface area contributed by atoms with Crippen LogP contribution in [0.4, 0.5) is 0 Å². The molecule has 28 heavy (non-hydrogen) atoms. The van der Waals surface area contributed by atoms with Crippen molar-refractivity contribution in [3.8, 4) is 22.9 Å². The fourth-order valence-corrected chi connectivity index (χ4v) is 2.82. The Morgan fingerprint density at radius 2 is 1.89 bits per heavy atom. The van der Waals surface area contributed by atoms with Gasteiger partial charge in [-0.05, 0) is 23.8 Å². The van der Waals surface area contributed by atoms with Crippen molar-refractivity contribution in [2.75, 3.05) is 7.11 Å². The fourth-order valence-electron chi connectivity index (χ4n) is 2.82. The minimum absolute atomic E-state index is 0.105. The predicted octanol–water partition coefficient (Wildman–Crippen LogP) is 3.42. The molecule has 1 heterocycles. The van der Waals surface area contributed by atoms with Crippen molar-refractivity contribution in [2.45, 2.75) is 13.5 Å². The monoisotopic (exact) mass is 375 g/mol. The Hall–Kier alpha value is -3.85. The van der Waals surface area contributed by atoms with E-state index in [0.717, 1.165) is 10.3 Å². The van der Waals surface area contributed by atoms with Crippen LogP contribution in [0, 0.1) is 18.3 Å². The summed E-state index contributed by atoms with van der Waals surface area (Å²) in [6.07, 6.45) is 1.30. The minimum atomic E-state index is -0.592. The highest BCUT2D eigenvalue weighted by Crippen LogP contribution is 2.33. The van der Waals surface area contributed by atoms with Crippen molar-refractivity contribution in [2.24, 2.45) is 0 Å². The third kappa shape index (κ3) is 3.94. The van der Waals surface area contributed by atoms with E-state index < -0.39 is 5.97 Å². The number of carbonyl (C=O) groups is 1. The molecule has 0 fully saturated rings. The number of hydrogen-bond acceptors (Lipinski definition) is 5. The molecule has 0 bridgehead atoms. The molecule has 0 unspecified atom stereocenters. The molecule has 0 aliphatic heterocycles. The van der Waals surface area contributed by atoms with Crippen LogP contribution < -0.4 is 9.47 Å². The van der Waals surface area contributed by atoms with Crippen LogP contribution in [0.25, 0.3) is 11.1 Å². The zero-order valence-corrected chi connectivity index (χ0v) is 15.5. The number of nitrogens with zero attached hydrogens (tertiary/aromatic N) is 2. The average molecular weight is 375 g/mol. The lowest BCUT2D eigenvalue weighted by atomic mass is 9.98. The third-order valence-corrected chi connectivity index (χ3v) is 4.31. The van der Waals surface area contributed by atoms with E-state index >= 15 is 0 Å². The molecule has 0 radical (unpaired) electrons. The highest BCUT2D eigenvalue weighted by Gasteiger charge is 2.24. The summed E-state index contributed by atoms with van der Waals surface area (Å²) in [6.45, 7) is 1.80. The summed E-state index contributed by atoms with van der Waals surface area (Å²) in [5, 5.41) is 19.3. The number of aryl methyl sites for hydroxylation is 1. The quantitative estimate of drug-likeness (QED) is 0.420. The molecule has 2 aromatic carbocycles. The summed E-state index contributed by atoms with van der Waals surface area (Å²) in [5.74, 6) is -0.0859. The lowest BCUT2D eigenvalue weighted by Gasteiger charge is -2.12. The molecule has 0 saturated carbocycles. The average Bonchev–Trinajstić information content (AvgIpc) is 2.73. The maximum absolute atomic E-state index is 12.8. The zero-order chi connectivity index (χ0) is 20.1. The molecule has 1 aromatic heterocycles. The Bertz CT molecular complexity index is 1060. The second kappa shape index (κ2) is 8.23. The molecule has 0 saturated heterocycles. The molecule has 0 aliphatic rings. The molecular weight excluding hydrogens is 356 g/mol. The molecule has 6 nitrogen and oxygen atoms in total. The van der Waals surface area contributed by atoms with Crippen LogP contribution in [0.2, 0.25) is 0 Å². The SMILES string of the molecule is COc1ccc(C#N)cc1-c1cc(C)[n+](O)cc1C(=O)OCc1ccccc1. The van der Waals surface area contributed by atoms with E-state index in [2.05, 4.69) is 6.07 Å². The van der Waals surface area contributed by atoms with Gasteiger partial charge in [0.25, 0.3) is 0 Å². The van der Waals surface area contributed by atoms with Gasteiger partial charge in [-0.3, -0.25) is 5.21 Å². The Morgan fingerprint density at radius 3 is 2.57 bits per heavy atom. The van der Waals surface area contributed by atoms with Crippen molar-refractivity contribution in [1.29, 1.82) is 5.26 Å². The van der Waals surface area contributed by atoms with Gasteiger partial charge in [-0.1, -0.05) is 30.3 Å². The van der Waals surface area contributed by atoms with Gasteiger partial charge in [0, 0.05) is 28.8 Å². The van der Waals surface area contributed by atoms with E-state index in [1.165, 1.54) is 13.3 Å². The molecule has 0 spiro atoms. The van der Waals surface area contributed by atoms with E-state index in [4.69, 9.17) is 9.47 Å². The van der Waals surface area contributed by atoms with E-state index in [1.807, 2.05) is 30.3 Å². The number of benzene rings is 2. The topological polar surface area (TPSA) is 83.4 Å². The molecule has 3 rings (SSSR count). The highest BCUT2D eigenvalue weighted by atomic mass is 16.5. The van der Waals surface area contributed by atoms with Gasteiger partial charge in [0.1, 0.15) is 17.9 Å². The number of aromatic nitrogens is 1. The highest BCUT2D eigenvalue weighted by molar-refractivity contribution is 5.97. The summed E-state index contributed by atoms with van der Waals surface area (Å²) < 4.78 is 11.7. The van der Waals surface area contributed by atoms with Gasteiger partial charge in [0.2, 0.25) is 11.9 Å². The van der Waals surface area contributed by atoms with Crippen molar-refractivity contribution in [1.82, 2.24) is 0 Å². The molecule has 0 amide bonds. The predicted molar refractivity (Wildman–Crippen MR) is 101 cm³/mol. The second-order valence-electron chi connectivity index (χ2n) is 6.18. The Balaban J connectivity index is 2.04. The van der Waals surface area contributed by atoms with E-state index in [1.54, 1.807) is 31.2 Å². The lowest BCUT2D eigenvalue weighted by molar-refractivity contribution is -0.908. The number of rotatable bonds is 5. The molecule has 3 aromatic rings. The number of esters is 1. The van der Waals surface area contributed by atoms with E-state index in [9.17, 15) is 15.3 Å². The second-order valence-corrected chi connectivity index (χ2v) is 6.18. The number of nitriles is 1. The van der Waals surface area contributed by atoms with Crippen LogP contribution in [0.5, 0.6) is 5.75 Å².